The van der Waals surface area contributed by atoms with Gasteiger partial charge in [-0.05, 0) is 45.9 Å². The molecule has 0 saturated heterocycles. The zero-order valence-corrected chi connectivity index (χ0v) is 17.5. The first-order valence-corrected chi connectivity index (χ1v) is 9.47. The van der Waals surface area contributed by atoms with Crippen LogP contribution in [0.1, 0.15) is 37.0 Å². The Labute approximate surface area is 174 Å². The molecule has 154 valence electrons. The average Bonchev–Trinajstić information content (AvgIpc) is 3.37. The van der Waals surface area contributed by atoms with Gasteiger partial charge >= 0.3 is 0 Å². The quantitative estimate of drug-likeness (QED) is 0.517. The molecule has 1 N–H and O–H groups in total. The van der Waals surface area contributed by atoms with E-state index in [-0.39, 0.29) is 0 Å². The standard InChI is InChI=1S/C21H23N7O2/c1-13-11-28(12-23-13)16-7-6-15(10-17(16)29-5)25-20-22-9-8-18(26-20)21(3,4)19-24-14(2)27-30-19/h6-12H,1-5H3,(H,22,25,26). The number of imidazole rings is 1. The maximum absolute atomic E-state index is 5.57. The molecule has 4 aromatic rings. The van der Waals surface area contributed by atoms with Crippen molar-refractivity contribution in [2.45, 2.75) is 33.1 Å². The molecule has 30 heavy (non-hydrogen) atoms. The molecule has 0 bridgehead atoms. The van der Waals surface area contributed by atoms with E-state index in [1.807, 2.05) is 55.8 Å². The van der Waals surface area contributed by atoms with E-state index in [0.717, 1.165) is 22.8 Å². The summed E-state index contributed by atoms with van der Waals surface area (Å²) in [7, 11) is 1.64. The minimum Gasteiger partial charge on any atom is -0.494 e. The number of rotatable bonds is 6. The van der Waals surface area contributed by atoms with Crippen molar-refractivity contribution < 1.29 is 9.26 Å². The summed E-state index contributed by atoms with van der Waals surface area (Å²) in [6.45, 7) is 7.70. The zero-order chi connectivity index (χ0) is 21.3. The van der Waals surface area contributed by atoms with Crippen LogP contribution in [-0.2, 0) is 5.41 Å². The maximum atomic E-state index is 5.57. The van der Waals surface area contributed by atoms with E-state index in [1.165, 1.54) is 0 Å². The van der Waals surface area contributed by atoms with Gasteiger partial charge in [0.15, 0.2) is 5.82 Å². The van der Waals surface area contributed by atoms with Gasteiger partial charge in [-0.3, -0.25) is 0 Å². The number of hydrogen-bond donors (Lipinski definition) is 1. The van der Waals surface area contributed by atoms with Gasteiger partial charge in [0.25, 0.3) is 0 Å². The normalized spacial score (nSPS) is 11.5. The predicted octanol–water partition coefficient (Wildman–Crippen LogP) is 3.74. The minimum absolute atomic E-state index is 0.463. The van der Waals surface area contributed by atoms with Crippen LogP contribution in [0.15, 0.2) is 47.5 Å². The van der Waals surface area contributed by atoms with E-state index < -0.39 is 5.41 Å². The maximum Gasteiger partial charge on any atom is 0.238 e. The number of nitrogens with one attached hydrogen (secondary N) is 1. The van der Waals surface area contributed by atoms with Gasteiger partial charge < -0.3 is 19.1 Å². The molecule has 9 heteroatoms. The monoisotopic (exact) mass is 405 g/mol. The molecule has 0 atom stereocenters. The molecule has 0 fully saturated rings. The van der Waals surface area contributed by atoms with E-state index in [0.29, 0.717) is 23.4 Å². The van der Waals surface area contributed by atoms with E-state index in [9.17, 15) is 0 Å². The molecule has 0 amide bonds. The lowest BCUT2D eigenvalue weighted by Crippen LogP contribution is -2.21. The van der Waals surface area contributed by atoms with Gasteiger partial charge in [0, 0.05) is 24.1 Å². The fourth-order valence-electron chi connectivity index (χ4n) is 3.08. The number of anilines is 2. The van der Waals surface area contributed by atoms with Gasteiger partial charge in [-0.2, -0.15) is 4.98 Å². The number of ether oxygens (including phenoxy) is 1. The Morgan fingerprint density at radius 1 is 1.10 bits per heavy atom. The molecule has 4 rings (SSSR count). The van der Waals surface area contributed by atoms with Crippen molar-refractivity contribution in [1.82, 2.24) is 29.7 Å². The summed E-state index contributed by atoms with van der Waals surface area (Å²) in [5.41, 5.74) is 2.84. The van der Waals surface area contributed by atoms with E-state index in [4.69, 9.17) is 9.26 Å². The highest BCUT2D eigenvalue weighted by atomic mass is 16.5. The Bertz CT molecular complexity index is 1180. The van der Waals surface area contributed by atoms with Crippen LogP contribution in [0.2, 0.25) is 0 Å². The molecule has 3 heterocycles. The molecule has 0 aliphatic rings. The van der Waals surface area contributed by atoms with Crippen molar-refractivity contribution in [2.24, 2.45) is 0 Å². The Kier molecular flexibility index (Phi) is 4.94. The van der Waals surface area contributed by atoms with Crippen molar-refractivity contribution >= 4 is 11.6 Å². The van der Waals surface area contributed by atoms with Gasteiger partial charge in [-0.15, -0.1) is 0 Å². The Balaban J connectivity index is 1.61. The lowest BCUT2D eigenvalue weighted by atomic mass is 9.89. The number of nitrogens with zero attached hydrogens (tertiary/aromatic N) is 6. The van der Waals surface area contributed by atoms with E-state index >= 15 is 0 Å². The summed E-state index contributed by atoms with van der Waals surface area (Å²) < 4.78 is 12.9. The first-order chi connectivity index (χ1) is 14.4. The Hall–Kier alpha value is -3.75. The number of hydrogen-bond acceptors (Lipinski definition) is 8. The van der Waals surface area contributed by atoms with Crippen LogP contribution < -0.4 is 10.1 Å². The molecular weight excluding hydrogens is 382 g/mol. The SMILES string of the molecule is COc1cc(Nc2nccc(C(C)(C)c3nc(C)no3)n2)ccc1-n1cnc(C)c1. The second-order valence-electron chi connectivity index (χ2n) is 7.47. The number of aromatic nitrogens is 6. The first-order valence-electron chi connectivity index (χ1n) is 9.47. The van der Waals surface area contributed by atoms with Crippen LogP contribution in [-0.4, -0.2) is 36.8 Å². The van der Waals surface area contributed by atoms with Crippen LogP contribution in [0.25, 0.3) is 5.69 Å². The summed E-state index contributed by atoms with van der Waals surface area (Å²) in [6, 6.07) is 7.63. The summed E-state index contributed by atoms with van der Waals surface area (Å²) >= 11 is 0. The third-order valence-electron chi connectivity index (χ3n) is 4.78. The number of benzene rings is 1. The fourth-order valence-corrected chi connectivity index (χ4v) is 3.08. The van der Waals surface area contributed by atoms with Crippen LogP contribution in [0, 0.1) is 13.8 Å². The highest BCUT2D eigenvalue weighted by Crippen LogP contribution is 2.31. The molecule has 0 aliphatic carbocycles. The molecule has 0 saturated carbocycles. The molecular formula is C21H23N7O2. The van der Waals surface area contributed by atoms with Crippen molar-refractivity contribution in [2.75, 3.05) is 12.4 Å². The van der Waals surface area contributed by atoms with Gasteiger partial charge in [-0.1, -0.05) is 5.16 Å². The molecule has 0 aliphatic heterocycles. The summed E-state index contributed by atoms with van der Waals surface area (Å²) in [5.74, 6) is 2.26. The van der Waals surface area contributed by atoms with E-state index in [1.54, 1.807) is 26.6 Å². The molecule has 0 spiro atoms. The fraction of sp³-hybridized carbons (Fsp3) is 0.286. The average molecular weight is 405 g/mol. The van der Waals surface area contributed by atoms with E-state index in [2.05, 4.69) is 30.4 Å². The molecule has 0 unspecified atom stereocenters. The van der Waals surface area contributed by atoms with Gasteiger partial charge in [0.05, 0.1) is 35.9 Å². The van der Waals surface area contributed by atoms with Gasteiger partial charge in [0.2, 0.25) is 11.8 Å². The highest BCUT2D eigenvalue weighted by Gasteiger charge is 2.31. The van der Waals surface area contributed by atoms with Crippen molar-refractivity contribution in [1.29, 1.82) is 0 Å². The van der Waals surface area contributed by atoms with Crippen molar-refractivity contribution in [3.05, 3.63) is 66.1 Å². The van der Waals surface area contributed by atoms with Crippen LogP contribution in [0.3, 0.4) is 0 Å². The lowest BCUT2D eigenvalue weighted by molar-refractivity contribution is 0.327. The summed E-state index contributed by atoms with van der Waals surface area (Å²) in [4.78, 5) is 17.6. The molecule has 3 aromatic heterocycles. The van der Waals surface area contributed by atoms with Gasteiger partial charge in [0.1, 0.15) is 5.75 Å². The van der Waals surface area contributed by atoms with Crippen molar-refractivity contribution in [3.63, 3.8) is 0 Å². The topological polar surface area (TPSA) is 104 Å². The Morgan fingerprint density at radius 3 is 2.60 bits per heavy atom. The second kappa shape index (κ2) is 7.58. The van der Waals surface area contributed by atoms with Gasteiger partial charge in [-0.25, -0.2) is 15.0 Å². The minimum atomic E-state index is -0.554. The molecule has 9 nitrogen and oxygen atoms in total. The van der Waals surface area contributed by atoms with Crippen LogP contribution in [0.4, 0.5) is 11.6 Å². The van der Waals surface area contributed by atoms with Crippen molar-refractivity contribution in [3.8, 4) is 11.4 Å². The number of aryl methyl sites for hydroxylation is 2. The number of methoxy groups -OCH3 is 1. The smallest absolute Gasteiger partial charge is 0.238 e. The zero-order valence-electron chi connectivity index (χ0n) is 17.5. The van der Waals surface area contributed by atoms with Crippen LogP contribution >= 0.6 is 0 Å². The summed E-state index contributed by atoms with van der Waals surface area (Å²) in [5, 5.41) is 7.12. The summed E-state index contributed by atoms with van der Waals surface area (Å²) in [6.07, 6.45) is 5.41. The highest BCUT2D eigenvalue weighted by molar-refractivity contribution is 5.62. The Morgan fingerprint density at radius 2 is 1.93 bits per heavy atom. The molecule has 0 radical (unpaired) electrons. The second-order valence-corrected chi connectivity index (χ2v) is 7.47. The third kappa shape index (κ3) is 3.73. The third-order valence-corrected chi connectivity index (χ3v) is 4.78. The predicted molar refractivity (Wildman–Crippen MR) is 111 cm³/mol. The van der Waals surface area contributed by atoms with Crippen LogP contribution in [0.5, 0.6) is 5.75 Å². The lowest BCUT2D eigenvalue weighted by Gasteiger charge is -2.19. The molecule has 1 aromatic carbocycles. The largest absolute Gasteiger partial charge is 0.494 e. The first kappa shape index (κ1) is 19.6.